The van der Waals surface area contributed by atoms with Gasteiger partial charge in [-0.2, -0.15) is 0 Å². The Morgan fingerprint density at radius 3 is 2.75 bits per heavy atom. The van der Waals surface area contributed by atoms with Gasteiger partial charge in [0.1, 0.15) is 7.85 Å². The van der Waals surface area contributed by atoms with E-state index in [0.717, 1.165) is 25.0 Å². The lowest BCUT2D eigenvalue weighted by Gasteiger charge is -2.19. The summed E-state index contributed by atoms with van der Waals surface area (Å²) in [5.74, 6) is 0. The van der Waals surface area contributed by atoms with E-state index in [4.69, 9.17) is 4.74 Å². The fourth-order valence-electron chi connectivity index (χ4n) is 1.14. The summed E-state index contributed by atoms with van der Waals surface area (Å²) in [5, 5.41) is 3.35. The number of ether oxygens (including phenoxy) is 1. The maximum Gasteiger partial charge on any atom is 0.108 e. The second kappa shape index (κ2) is 7.23. The molecule has 1 atom stereocenters. The van der Waals surface area contributed by atoms with Crippen molar-refractivity contribution in [1.82, 2.24) is 5.32 Å². The first-order chi connectivity index (χ1) is 5.74. The third-order valence-electron chi connectivity index (χ3n) is 1.84. The lowest BCUT2D eigenvalue weighted by Crippen LogP contribution is -2.32. The van der Waals surface area contributed by atoms with Crippen LogP contribution in [0.25, 0.3) is 0 Å². The Morgan fingerprint density at radius 2 is 2.33 bits per heavy atom. The SMILES string of the molecule is BCC(=C)NC(CCC)COC. The second-order valence-electron chi connectivity index (χ2n) is 3.04. The number of methoxy groups -OCH3 is 1. The molecule has 0 aromatic rings. The van der Waals surface area contributed by atoms with Crippen molar-refractivity contribution in [3.63, 3.8) is 0 Å². The highest BCUT2D eigenvalue weighted by molar-refractivity contribution is 6.10. The third-order valence-corrected chi connectivity index (χ3v) is 1.84. The molecule has 0 rings (SSSR count). The van der Waals surface area contributed by atoms with Crippen molar-refractivity contribution in [3.8, 4) is 0 Å². The molecular weight excluding hydrogens is 149 g/mol. The molecule has 2 nitrogen and oxygen atoms in total. The molecule has 1 unspecified atom stereocenters. The quantitative estimate of drug-likeness (QED) is 0.573. The molecule has 0 amide bonds. The van der Waals surface area contributed by atoms with Crippen LogP contribution in [0.5, 0.6) is 0 Å². The Labute approximate surface area is 76.8 Å². The molecule has 0 saturated heterocycles. The summed E-state index contributed by atoms with van der Waals surface area (Å²) < 4.78 is 5.10. The van der Waals surface area contributed by atoms with Crippen LogP contribution < -0.4 is 5.32 Å². The molecule has 0 spiro atoms. The number of hydrogen-bond acceptors (Lipinski definition) is 2. The first-order valence-electron chi connectivity index (χ1n) is 4.67. The maximum atomic E-state index is 5.10. The summed E-state index contributed by atoms with van der Waals surface area (Å²) in [5.41, 5.74) is 1.10. The number of nitrogens with one attached hydrogen (secondary N) is 1. The normalized spacial score (nSPS) is 12.5. The second-order valence-corrected chi connectivity index (χ2v) is 3.04. The fourth-order valence-corrected chi connectivity index (χ4v) is 1.14. The fraction of sp³-hybridized carbons (Fsp3) is 0.778. The zero-order valence-electron chi connectivity index (χ0n) is 8.52. The third kappa shape index (κ3) is 5.25. The van der Waals surface area contributed by atoms with Gasteiger partial charge in [-0.1, -0.05) is 19.9 Å². The van der Waals surface area contributed by atoms with Crippen molar-refractivity contribution in [2.45, 2.75) is 32.1 Å². The predicted octanol–water partition coefficient (Wildman–Crippen LogP) is 0.956. The molecule has 70 valence electrons. The van der Waals surface area contributed by atoms with Gasteiger partial charge in [-0.15, -0.1) is 0 Å². The molecule has 0 fully saturated rings. The first kappa shape index (κ1) is 11.6. The molecule has 0 aromatic carbocycles. The lowest BCUT2D eigenvalue weighted by molar-refractivity contribution is 0.166. The molecule has 3 heteroatoms. The van der Waals surface area contributed by atoms with Crippen LogP contribution in [-0.2, 0) is 4.74 Å². The van der Waals surface area contributed by atoms with Gasteiger partial charge in [0.15, 0.2) is 0 Å². The van der Waals surface area contributed by atoms with Gasteiger partial charge >= 0.3 is 0 Å². The molecule has 1 N–H and O–H groups in total. The van der Waals surface area contributed by atoms with Gasteiger partial charge in [0.25, 0.3) is 0 Å². The van der Waals surface area contributed by atoms with Gasteiger partial charge in [-0.3, -0.25) is 0 Å². The predicted molar refractivity (Wildman–Crippen MR) is 56.2 cm³/mol. The Hall–Kier alpha value is -0.435. The Bertz CT molecular complexity index is 122. The zero-order chi connectivity index (χ0) is 9.40. The summed E-state index contributed by atoms with van der Waals surface area (Å²) in [6, 6.07) is 0.437. The summed E-state index contributed by atoms with van der Waals surface area (Å²) in [6.07, 6.45) is 3.31. The average Bonchev–Trinajstić information content (AvgIpc) is 2.05. The smallest absolute Gasteiger partial charge is 0.108 e. The van der Waals surface area contributed by atoms with Crippen LogP contribution in [0.15, 0.2) is 12.3 Å². The minimum atomic E-state index is 0.437. The van der Waals surface area contributed by atoms with E-state index in [1.165, 1.54) is 6.42 Å². The first-order valence-corrected chi connectivity index (χ1v) is 4.67. The van der Waals surface area contributed by atoms with Crippen molar-refractivity contribution in [3.05, 3.63) is 12.3 Å². The minimum Gasteiger partial charge on any atom is -0.384 e. The van der Waals surface area contributed by atoms with Gasteiger partial charge in [0.2, 0.25) is 0 Å². The van der Waals surface area contributed by atoms with Crippen molar-refractivity contribution in [2.75, 3.05) is 13.7 Å². The van der Waals surface area contributed by atoms with E-state index in [9.17, 15) is 0 Å². The van der Waals surface area contributed by atoms with Crippen LogP contribution >= 0.6 is 0 Å². The van der Waals surface area contributed by atoms with Crippen LogP contribution in [0.3, 0.4) is 0 Å². The monoisotopic (exact) mass is 169 g/mol. The molecule has 0 heterocycles. The minimum absolute atomic E-state index is 0.437. The van der Waals surface area contributed by atoms with Crippen LogP contribution in [0.4, 0.5) is 0 Å². The van der Waals surface area contributed by atoms with Crippen molar-refractivity contribution >= 4 is 7.85 Å². The standard InChI is InChI=1S/C9H20BNO/c1-4-5-9(7-12-3)11-8(2)6-10/h9,11H,2,4-7,10H2,1,3H3. The van der Waals surface area contributed by atoms with Crippen LogP contribution in [0.1, 0.15) is 19.8 Å². The van der Waals surface area contributed by atoms with Gasteiger partial charge < -0.3 is 10.1 Å². The highest BCUT2D eigenvalue weighted by Crippen LogP contribution is 2.01. The van der Waals surface area contributed by atoms with E-state index in [2.05, 4.69) is 26.7 Å². The molecule has 0 saturated carbocycles. The largest absolute Gasteiger partial charge is 0.384 e. The Kier molecular flexibility index (Phi) is 6.96. The van der Waals surface area contributed by atoms with E-state index in [1.54, 1.807) is 7.11 Å². The van der Waals surface area contributed by atoms with Gasteiger partial charge in [0.05, 0.1) is 6.61 Å². The maximum absolute atomic E-state index is 5.10. The van der Waals surface area contributed by atoms with Gasteiger partial charge in [-0.25, -0.2) is 0 Å². The van der Waals surface area contributed by atoms with E-state index in [0.29, 0.717) is 6.04 Å². The molecule has 0 aliphatic heterocycles. The van der Waals surface area contributed by atoms with Gasteiger partial charge in [0, 0.05) is 13.2 Å². The van der Waals surface area contributed by atoms with E-state index in [1.807, 2.05) is 0 Å². The summed E-state index contributed by atoms with van der Waals surface area (Å²) in [6.45, 7) is 6.86. The van der Waals surface area contributed by atoms with Crippen molar-refractivity contribution < 1.29 is 4.74 Å². The molecule has 0 bridgehead atoms. The van der Waals surface area contributed by atoms with Crippen LogP contribution in [-0.4, -0.2) is 27.6 Å². The van der Waals surface area contributed by atoms with E-state index in [-0.39, 0.29) is 0 Å². The van der Waals surface area contributed by atoms with Crippen LogP contribution in [0, 0.1) is 0 Å². The summed E-state index contributed by atoms with van der Waals surface area (Å²) >= 11 is 0. The van der Waals surface area contributed by atoms with Gasteiger partial charge in [-0.05, 0) is 18.4 Å². The number of allylic oxidation sites excluding steroid dienone is 1. The molecular formula is C9H20BNO. The molecule has 0 aromatic heterocycles. The van der Waals surface area contributed by atoms with E-state index >= 15 is 0 Å². The molecule has 0 aliphatic carbocycles. The average molecular weight is 169 g/mol. The summed E-state index contributed by atoms with van der Waals surface area (Å²) in [4.78, 5) is 0. The lowest BCUT2D eigenvalue weighted by atomic mass is 10.0. The van der Waals surface area contributed by atoms with E-state index < -0.39 is 0 Å². The molecule has 0 aliphatic rings. The van der Waals surface area contributed by atoms with Crippen molar-refractivity contribution in [1.29, 1.82) is 0 Å². The highest BCUT2D eigenvalue weighted by Gasteiger charge is 2.05. The Balaban J connectivity index is 3.68. The molecule has 0 radical (unpaired) electrons. The zero-order valence-corrected chi connectivity index (χ0v) is 8.52. The number of rotatable bonds is 7. The van der Waals surface area contributed by atoms with Crippen molar-refractivity contribution in [2.24, 2.45) is 0 Å². The van der Waals surface area contributed by atoms with Crippen LogP contribution in [0.2, 0.25) is 6.32 Å². The molecule has 12 heavy (non-hydrogen) atoms. The number of hydrogen-bond donors (Lipinski definition) is 1. The highest BCUT2D eigenvalue weighted by atomic mass is 16.5. The topological polar surface area (TPSA) is 21.3 Å². The Morgan fingerprint density at radius 1 is 1.67 bits per heavy atom. The summed E-state index contributed by atoms with van der Waals surface area (Å²) in [7, 11) is 3.84.